The number of thioether (sulfide) groups is 1. The summed E-state index contributed by atoms with van der Waals surface area (Å²) >= 11 is 1.49. The lowest BCUT2D eigenvalue weighted by molar-refractivity contribution is -0.118. The Kier molecular flexibility index (Phi) is 5.37. The van der Waals surface area contributed by atoms with Crippen molar-refractivity contribution < 1.29 is 4.79 Å². The van der Waals surface area contributed by atoms with Crippen LogP contribution >= 0.6 is 11.8 Å². The van der Waals surface area contributed by atoms with E-state index >= 15 is 0 Å². The maximum Gasteiger partial charge on any atom is 0.216 e. The van der Waals surface area contributed by atoms with Crippen molar-refractivity contribution in [2.45, 2.75) is 18.5 Å². The normalized spacial score (nSPS) is 9.12. The van der Waals surface area contributed by atoms with Crippen molar-refractivity contribution in [2.75, 3.05) is 12.8 Å². The molecule has 0 bridgehead atoms. The van der Waals surface area contributed by atoms with Crippen LogP contribution in [0.4, 0.5) is 0 Å². The van der Waals surface area contributed by atoms with Gasteiger partial charge in [-0.25, -0.2) is 9.97 Å². The minimum absolute atomic E-state index is 0.0329. The molecule has 1 aromatic heterocycles. The second-order valence-corrected chi connectivity index (χ2v) is 3.77. The van der Waals surface area contributed by atoms with Gasteiger partial charge in [-0.3, -0.25) is 4.79 Å². The topological polar surface area (TPSA) is 54.9 Å². The van der Waals surface area contributed by atoms with Gasteiger partial charge in [-0.2, -0.15) is 0 Å². The third-order valence-electron chi connectivity index (χ3n) is 1.67. The van der Waals surface area contributed by atoms with Gasteiger partial charge in [-0.1, -0.05) is 23.6 Å². The Balaban J connectivity index is 2.41. The second-order valence-electron chi connectivity index (χ2n) is 2.99. The fourth-order valence-electron chi connectivity index (χ4n) is 0.952. The van der Waals surface area contributed by atoms with Crippen molar-refractivity contribution >= 4 is 17.7 Å². The third-order valence-corrected chi connectivity index (χ3v) is 2.24. The van der Waals surface area contributed by atoms with Gasteiger partial charge in [0.05, 0.1) is 5.56 Å². The van der Waals surface area contributed by atoms with Crippen LogP contribution in [0.15, 0.2) is 17.6 Å². The van der Waals surface area contributed by atoms with Crippen molar-refractivity contribution in [3.63, 3.8) is 0 Å². The number of nitrogens with one attached hydrogen (secondary N) is 1. The molecule has 84 valence electrons. The Bertz CT molecular complexity index is 405. The first-order valence-corrected chi connectivity index (χ1v) is 6.04. The molecule has 1 N–H and O–H groups in total. The monoisotopic (exact) mass is 235 g/mol. The van der Waals surface area contributed by atoms with Crippen LogP contribution in [0.2, 0.25) is 0 Å². The van der Waals surface area contributed by atoms with Crippen LogP contribution in [0.1, 0.15) is 18.9 Å². The Labute approximate surface area is 99.3 Å². The first-order chi connectivity index (χ1) is 7.72. The van der Waals surface area contributed by atoms with Crippen LogP contribution in [-0.4, -0.2) is 28.7 Å². The zero-order valence-electron chi connectivity index (χ0n) is 9.28. The molecule has 0 saturated heterocycles. The Morgan fingerprint density at radius 1 is 1.50 bits per heavy atom. The Morgan fingerprint density at radius 2 is 2.19 bits per heavy atom. The van der Waals surface area contributed by atoms with Crippen LogP contribution in [0.25, 0.3) is 0 Å². The van der Waals surface area contributed by atoms with Crippen molar-refractivity contribution in [1.29, 1.82) is 0 Å². The average Bonchev–Trinajstić information content (AvgIpc) is 2.29. The van der Waals surface area contributed by atoms with Crippen molar-refractivity contribution in [3.8, 4) is 11.8 Å². The molecule has 0 aliphatic carbocycles. The van der Waals surface area contributed by atoms with E-state index in [0.29, 0.717) is 13.0 Å². The van der Waals surface area contributed by atoms with Crippen LogP contribution in [0, 0.1) is 11.8 Å². The fourth-order valence-corrected chi connectivity index (χ4v) is 1.27. The van der Waals surface area contributed by atoms with Crippen molar-refractivity contribution in [2.24, 2.45) is 0 Å². The van der Waals surface area contributed by atoms with Crippen LogP contribution < -0.4 is 5.32 Å². The average molecular weight is 235 g/mol. The number of rotatable bonds is 3. The number of nitrogens with zero attached hydrogens (tertiary/aromatic N) is 2. The maximum atomic E-state index is 10.6. The van der Waals surface area contributed by atoms with Gasteiger partial charge in [0, 0.05) is 32.3 Å². The highest BCUT2D eigenvalue weighted by Crippen LogP contribution is 2.05. The zero-order chi connectivity index (χ0) is 11.8. The predicted octanol–water partition coefficient (Wildman–Crippen LogP) is 1.08. The van der Waals surface area contributed by atoms with E-state index in [-0.39, 0.29) is 5.91 Å². The van der Waals surface area contributed by atoms with E-state index in [2.05, 4.69) is 27.1 Å². The van der Waals surface area contributed by atoms with Gasteiger partial charge in [-0.15, -0.1) is 0 Å². The van der Waals surface area contributed by atoms with E-state index in [9.17, 15) is 4.79 Å². The van der Waals surface area contributed by atoms with Gasteiger partial charge in [-0.05, 0) is 6.26 Å². The lowest BCUT2D eigenvalue weighted by Gasteiger charge is -1.95. The van der Waals surface area contributed by atoms with Gasteiger partial charge in [0.25, 0.3) is 0 Å². The largest absolute Gasteiger partial charge is 0.355 e. The van der Waals surface area contributed by atoms with E-state index in [1.165, 1.54) is 18.7 Å². The maximum absolute atomic E-state index is 10.6. The van der Waals surface area contributed by atoms with Crippen LogP contribution in [-0.2, 0) is 4.79 Å². The summed E-state index contributed by atoms with van der Waals surface area (Å²) in [6.07, 6.45) is 5.95. The Morgan fingerprint density at radius 3 is 2.75 bits per heavy atom. The lowest BCUT2D eigenvalue weighted by atomic mass is 10.3. The minimum Gasteiger partial charge on any atom is -0.355 e. The zero-order valence-corrected chi connectivity index (χ0v) is 10.1. The first-order valence-electron chi connectivity index (χ1n) is 4.81. The molecule has 4 nitrogen and oxygen atoms in total. The van der Waals surface area contributed by atoms with Gasteiger partial charge in [0.2, 0.25) is 5.91 Å². The predicted molar refractivity (Wildman–Crippen MR) is 64.0 cm³/mol. The molecule has 1 rings (SSSR count). The first kappa shape index (κ1) is 12.5. The third kappa shape index (κ3) is 4.80. The fraction of sp³-hybridized carbons (Fsp3) is 0.364. The summed E-state index contributed by atoms with van der Waals surface area (Å²) in [5.74, 6) is 5.84. The number of carbonyl (C=O) groups excluding carboxylic acids is 1. The number of amides is 1. The molecule has 0 unspecified atom stereocenters. The van der Waals surface area contributed by atoms with E-state index in [1.807, 2.05) is 6.26 Å². The number of carbonyl (C=O) groups is 1. The molecule has 1 amide bonds. The molecule has 0 aromatic carbocycles. The highest BCUT2D eigenvalue weighted by molar-refractivity contribution is 7.98. The molecular formula is C11H13N3OS. The minimum atomic E-state index is -0.0329. The quantitative estimate of drug-likeness (QED) is 0.368. The van der Waals surface area contributed by atoms with E-state index in [4.69, 9.17) is 0 Å². The van der Waals surface area contributed by atoms with E-state index in [0.717, 1.165) is 10.7 Å². The molecule has 1 heterocycles. The summed E-state index contributed by atoms with van der Waals surface area (Å²) in [6, 6.07) is 0. The van der Waals surface area contributed by atoms with Gasteiger partial charge in [0.15, 0.2) is 5.16 Å². The molecule has 0 aliphatic rings. The molecule has 5 heteroatoms. The van der Waals surface area contributed by atoms with Crippen LogP contribution in [0.5, 0.6) is 0 Å². The van der Waals surface area contributed by atoms with Gasteiger partial charge < -0.3 is 5.32 Å². The van der Waals surface area contributed by atoms with Crippen molar-refractivity contribution in [1.82, 2.24) is 15.3 Å². The summed E-state index contributed by atoms with van der Waals surface area (Å²) in [6.45, 7) is 2.06. The number of aromatic nitrogens is 2. The molecule has 0 aliphatic heterocycles. The number of hydrogen-bond donors (Lipinski definition) is 1. The molecule has 0 saturated carbocycles. The molecule has 0 spiro atoms. The SMILES string of the molecule is CSc1ncc(C#CCCNC(C)=O)cn1. The highest BCUT2D eigenvalue weighted by Gasteiger charge is 1.92. The Hall–Kier alpha value is -1.54. The molecule has 0 radical (unpaired) electrons. The summed E-state index contributed by atoms with van der Waals surface area (Å²) in [5, 5.41) is 3.41. The summed E-state index contributed by atoms with van der Waals surface area (Å²) in [4.78, 5) is 18.8. The van der Waals surface area contributed by atoms with E-state index in [1.54, 1.807) is 12.4 Å². The standard InChI is InChI=1S/C11H13N3OS/c1-9(15)12-6-4-3-5-10-7-13-11(16-2)14-8-10/h7-8H,4,6H2,1-2H3,(H,12,15). The molecule has 16 heavy (non-hydrogen) atoms. The molecular weight excluding hydrogens is 222 g/mol. The number of hydrogen-bond acceptors (Lipinski definition) is 4. The summed E-state index contributed by atoms with van der Waals surface area (Å²) < 4.78 is 0. The smallest absolute Gasteiger partial charge is 0.216 e. The second kappa shape index (κ2) is 6.85. The van der Waals surface area contributed by atoms with Gasteiger partial charge in [0.1, 0.15) is 0 Å². The van der Waals surface area contributed by atoms with Crippen LogP contribution in [0.3, 0.4) is 0 Å². The molecule has 0 fully saturated rings. The van der Waals surface area contributed by atoms with Crippen molar-refractivity contribution in [3.05, 3.63) is 18.0 Å². The van der Waals surface area contributed by atoms with Gasteiger partial charge >= 0.3 is 0 Å². The highest BCUT2D eigenvalue weighted by atomic mass is 32.2. The summed E-state index contributed by atoms with van der Waals surface area (Å²) in [5.41, 5.74) is 0.792. The lowest BCUT2D eigenvalue weighted by Crippen LogP contribution is -2.20. The summed E-state index contributed by atoms with van der Waals surface area (Å²) in [7, 11) is 0. The molecule has 1 aromatic rings. The molecule has 0 atom stereocenters. The van der Waals surface area contributed by atoms with E-state index < -0.39 is 0 Å².